The van der Waals surface area contributed by atoms with E-state index in [9.17, 15) is 14.4 Å². The molecule has 2 bridgehead atoms. The number of halogens is 2. The molecule has 1 saturated heterocycles. The summed E-state index contributed by atoms with van der Waals surface area (Å²) in [4.78, 5) is 41.0. The van der Waals surface area contributed by atoms with Crippen molar-refractivity contribution < 1.29 is 14.4 Å². The highest BCUT2D eigenvalue weighted by atomic mass is 35.5. The number of nitrogens with one attached hydrogen (secondary N) is 1. The lowest BCUT2D eigenvalue weighted by atomic mass is 9.54. The average molecular weight is 547 g/mol. The molecule has 3 aromatic carbocycles. The number of hydrogen-bond acceptors (Lipinski definition) is 3. The predicted molar refractivity (Wildman–Crippen MR) is 148 cm³/mol. The molecule has 1 aliphatic heterocycles. The molecule has 194 valence electrons. The first-order chi connectivity index (χ1) is 18.0. The summed E-state index contributed by atoms with van der Waals surface area (Å²) in [6, 6.07) is 19.7. The van der Waals surface area contributed by atoms with Gasteiger partial charge in [-0.25, -0.2) is 0 Å². The quantitative estimate of drug-likeness (QED) is 0.329. The SMILES string of the molecule is Cc1cccc(NC(=O)[C@H](C(C)C)N2C(=O)[C@H]3[C@H](C2=O)C2(Cl)c4ccccc4C3(Cl)c3ccccc32)c1C. The number of amides is 3. The van der Waals surface area contributed by atoms with Gasteiger partial charge >= 0.3 is 0 Å². The maximum atomic E-state index is 14.3. The van der Waals surface area contributed by atoms with Gasteiger partial charge in [0.15, 0.2) is 0 Å². The fourth-order valence-corrected chi connectivity index (χ4v) is 7.87. The summed E-state index contributed by atoms with van der Waals surface area (Å²) in [5.74, 6) is -3.54. The van der Waals surface area contributed by atoms with E-state index < -0.39 is 45.3 Å². The number of imide groups is 1. The van der Waals surface area contributed by atoms with Crippen molar-refractivity contribution in [3.05, 3.63) is 100 Å². The van der Waals surface area contributed by atoms with Gasteiger partial charge in [-0.05, 0) is 59.2 Å². The smallest absolute Gasteiger partial charge is 0.247 e. The number of nitrogens with zero attached hydrogens (tertiary/aromatic N) is 1. The molecule has 1 N–H and O–H groups in total. The number of carbonyl (C=O) groups excluding carboxylic acids is 3. The van der Waals surface area contributed by atoms with E-state index in [0.29, 0.717) is 5.69 Å². The van der Waals surface area contributed by atoms with E-state index in [1.165, 1.54) is 0 Å². The fourth-order valence-electron chi connectivity index (χ4n) is 6.77. The van der Waals surface area contributed by atoms with Crippen molar-refractivity contribution in [2.75, 3.05) is 5.32 Å². The topological polar surface area (TPSA) is 66.5 Å². The Hall–Kier alpha value is -3.15. The van der Waals surface area contributed by atoms with Crippen LogP contribution in [0.15, 0.2) is 66.7 Å². The van der Waals surface area contributed by atoms with Gasteiger partial charge < -0.3 is 5.32 Å². The van der Waals surface area contributed by atoms with Crippen LogP contribution in [0.3, 0.4) is 0 Å². The Morgan fingerprint density at radius 1 is 0.789 bits per heavy atom. The van der Waals surface area contributed by atoms with Crippen LogP contribution in [0, 0.1) is 31.6 Å². The number of anilines is 1. The van der Waals surface area contributed by atoms with Gasteiger partial charge in [0.2, 0.25) is 17.7 Å². The van der Waals surface area contributed by atoms with E-state index in [0.717, 1.165) is 38.3 Å². The van der Waals surface area contributed by atoms with Crippen molar-refractivity contribution in [2.24, 2.45) is 17.8 Å². The molecule has 0 radical (unpaired) electrons. The van der Waals surface area contributed by atoms with Gasteiger partial charge in [0.05, 0.1) is 11.8 Å². The number of aryl methyl sites for hydroxylation is 1. The molecular formula is C31H28Cl2N2O3. The van der Waals surface area contributed by atoms with Gasteiger partial charge in [-0.3, -0.25) is 19.3 Å². The van der Waals surface area contributed by atoms with Crippen molar-refractivity contribution in [2.45, 2.75) is 43.5 Å². The third-order valence-electron chi connectivity index (χ3n) is 8.66. The lowest BCUT2D eigenvalue weighted by molar-refractivity contribution is -0.148. The van der Waals surface area contributed by atoms with Gasteiger partial charge in [-0.15, -0.1) is 23.2 Å². The second-order valence-corrected chi connectivity index (χ2v) is 12.1. The van der Waals surface area contributed by atoms with Crippen LogP contribution in [0.1, 0.15) is 47.2 Å². The minimum Gasteiger partial charge on any atom is -0.324 e. The highest BCUT2D eigenvalue weighted by Crippen LogP contribution is 2.69. The third-order valence-corrected chi connectivity index (χ3v) is 9.94. The highest BCUT2D eigenvalue weighted by molar-refractivity contribution is 6.36. The van der Waals surface area contributed by atoms with Crippen LogP contribution in [0.2, 0.25) is 0 Å². The number of alkyl halides is 2. The maximum Gasteiger partial charge on any atom is 0.247 e. The summed E-state index contributed by atoms with van der Waals surface area (Å²) >= 11 is 15.0. The number of likely N-dealkylation sites (tertiary alicyclic amines) is 1. The number of rotatable bonds is 4. The molecule has 0 saturated carbocycles. The summed E-state index contributed by atoms with van der Waals surface area (Å²) in [6.45, 7) is 7.56. The van der Waals surface area contributed by atoms with Gasteiger partial charge in [-0.2, -0.15) is 0 Å². The minimum atomic E-state index is -1.28. The van der Waals surface area contributed by atoms with E-state index in [1.54, 1.807) is 0 Å². The van der Waals surface area contributed by atoms with E-state index in [1.807, 2.05) is 94.4 Å². The van der Waals surface area contributed by atoms with Gasteiger partial charge in [-0.1, -0.05) is 74.5 Å². The second kappa shape index (κ2) is 8.42. The van der Waals surface area contributed by atoms with Crippen molar-refractivity contribution >= 4 is 46.6 Å². The molecule has 0 unspecified atom stereocenters. The van der Waals surface area contributed by atoms with Crippen LogP contribution < -0.4 is 5.32 Å². The third kappa shape index (κ3) is 3.03. The summed E-state index contributed by atoms with van der Waals surface area (Å²) < 4.78 is 0. The molecule has 3 atom stereocenters. The van der Waals surface area contributed by atoms with Crippen molar-refractivity contribution in [1.29, 1.82) is 0 Å². The van der Waals surface area contributed by atoms with E-state index in [-0.39, 0.29) is 5.92 Å². The Kier molecular flexibility index (Phi) is 5.57. The minimum absolute atomic E-state index is 0.340. The fraction of sp³-hybridized carbons (Fsp3) is 0.323. The van der Waals surface area contributed by atoms with Gasteiger partial charge in [0, 0.05) is 5.69 Å². The molecular weight excluding hydrogens is 519 g/mol. The van der Waals surface area contributed by atoms with E-state index in [2.05, 4.69) is 5.32 Å². The first-order valence-electron chi connectivity index (χ1n) is 12.9. The Morgan fingerprint density at radius 2 is 1.24 bits per heavy atom. The van der Waals surface area contributed by atoms with E-state index in [4.69, 9.17) is 23.2 Å². The first kappa shape index (κ1) is 25.1. The molecule has 4 aliphatic rings. The summed E-state index contributed by atoms with van der Waals surface area (Å²) in [5.41, 5.74) is 5.56. The zero-order valence-electron chi connectivity index (χ0n) is 21.6. The van der Waals surface area contributed by atoms with Gasteiger partial charge in [0.1, 0.15) is 15.8 Å². The van der Waals surface area contributed by atoms with Gasteiger partial charge in [0.25, 0.3) is 0 Å². The maximum absolute atomic E-state index is 14.3. The molecule has 1 fully saturated rings. The molecule has 1 heterocycles. The highest BCUT2D eigenvalue weighted by Gasteiger charge is 2.73. The molecule has 38 heavy (non-hydrogen) atoms. The molecule has 3 aromatic rings. The molecule has 7 heteroatoms. The first-order valence-corrected chi connectivity index (χ1v) is 13.6. The Morgan fingerprint density at radius 3 is 1.66 bits per heavy atom. The summed E-state index contributed by atoms with van der Waals surface area (Å²) in [7, 11) is 0. The molecule has 3 aliphatic carbocycles. The lowest BCUT2D eigenvalue weighted by Crippen LogP contribution is -2.57. The Bertz CT molecular complexity index is 1410. The zero-order chi connectivity index (χ0) is 27.1. The van der Waals surface area contributed by atoms with Crippen LogP contribution in [0.5, 0.6) is 0 Å². The molecule has 5 nitrogen and oxygen atoms in total. The number of hydrogen-bond donors (Lipinski definition) is 1. The molecule has 3 amide bonds. The number of benzene rings is 3. The zero-order valence-corrected chi connectivity index (χ0v) is 23.1. The van der Waals surface area contributed by atoms with Crippen molar-refractivity contribution in [3.8, 4) is 0 Å². The largest absolute Gasteiger partial charge is 0.324 e. The lowest BCUT2D eigenvalue weighted by Gasteiger charge is -2.54. The summed E-state index contributed by atoms with van der Waals surface area (Å²) in [6.07, 6.45) is 0. The summed E-state index contributed by atoms with van der Waals surface area (Å²) in [5, 5.41) is 2.97. The van der Waals surface area contributed by atoms with Crippen LogP contribution >= 0.6 is 23.2 Å². The molecule has 7 rings (SSSR count). The van der Waals surface area contributed by atoms with Crippen LogP contribution in [-0.2, 0) is 24.1 Å². The van der Waals surface area contributed by atoms with E-state index >= 15 is 0 Å². The Balaban J connectivity index is 1.49. The monoisotopic (exact) mass is 546 g/mol. The normalized spacial score (nSPS) is 27.7. The Labute approximate surface area is 232 Å². The van der Waals surface area contributed by atoms with Crippen LogP contribution in [0.25, 0.3) is 0 Å². The van der Waals surface area contributed by atoms with Crippen molar-refractivity contribution in [1.82, 2.24) is 4.90 Å². The average Bonchev–Trinajstić information content (AvgIpc) is 3.16. The van der Waals surface area contributed by atoms with Crippen LogP contribution in [-0.4, -0.2) is 28.7 Å². The standard InChI is InChI=1S/C31H28Cl2N2O3/c1-16(2)26(27(36)34-23-15-9-10-17(3)18(23)4)35-28(37)24-25(29(35)38)31(33)20-12-6-5-11-19(20)30(24,32)21-13-7-8-14-22(21)31/h5-16,24-26H,1-4H3,(H,34,36)/t24-,25-,26+,30?,31?/m1/s1. The second-order valence-electron chi connectivity index (χ2n) is 10.9. The number of carbonyl (C=O) groups is 3. The predicted octanol–water partition coefficient (Wildman–Crippen LogP) is 5.86. The van der Waals surface area contributed by atoms with Crippen molar-refractivity contribution in [3.63, 3.8) is 0 Å². The van der Waals surface area contributed by atoms with Crippen LogP contribution in [0.4, 0.5) is 5.69 Å². The molecule has 0 aromatic heterocycles. The molecule has 0 spiro atoms.